The molecule has 0 aliphatic heterocycles. The Morgan fingerprint density at radius 2 is 2.17 bits per heavy atom. The van der Waals surface area contributed by atoms with E-state index in [0.29, 0.717) is 0 Å². The molecule has 1 fully saturated rings. The van der Waals surface area contributed by atoms with E-state index in [1.807, 2.05) is 6.92 Å². The number of benzene rings is 1. The van der Waals surface area contributed by atoms with E-state index in [-0.39, 0.29) is 12.1 Å². The molecule has 0 saturated heterocycles. The summed E-state index contributed by atoms with van der Waals surface area (Å²) in [5.74, 6) is 0.899. The van der Waals surface area contributed by atoms with E-state index < -0.39 is 0 Å². The lowest BCUT2D eigenvalue weighted by Gasteiger charge is -2.27. The Morgan fingerprint density at radius 1 is 1.39 bits per heavy atom. The molecule has 1 saturated carbocycles. The van der Waals surface area contributed by atoms with E-state index in [0.717, 1.165) is 12.5 Å². The maximum absolute atomic E-state index is 6.06. The highest BCUT2D eigenvalue weighted by molar-refractivity contribution is 5.25. The summed E-state index contributed by atoms with van der Waals surface area (Å²) >= 11 is 0. The highest BCUT2D eigenvalue weighted by Gasteiger charge is 2.20. The fourth-order valence-corrected chi connectivity index (χ4v) is 2.54. The van der Waals surface area contributed by atoms with E-state index in [9.17, 15) is 0 Å². The first kappa shape index (κ1) is 13.6. The van der Waals surface area contributed by atoms with Gasteiger partial charge < -0.3 is 10.5 Å². The first-order valence-electron chi connectivity index (χ1n) is 7.10. The lowest BCUT2D eigenvalue weighted by molar-refractivity contribution is 0.0245. The van der Waals surface area contributed by atoms with Crippen LogP contribution >= 0.6 is 0 Å². The Bertz CT molecular complexity index is 371. The number of ether oxygens (including phenoxy) is 1. The lowest BCUT2D eigenvalue weighted by atomic mass is 9.83. The van der Waals surface area contributed by atoms with Crippen molar-refractivity contribution in [3.63, 3.8) is 0 Å². The Hall–Kier alpha value is -0.860. The predicted octanol–water partition coefficient (Wildman–Crippen LogP) is 3.59. The Morgan fingerprint density at radius 3 is 2.72 bits per heavy atom. The maximum Gasteiger partial charge on any atom is 0.0973 e. The molecule has 100 valence electrons. The Balaban J connectivity index is 1.90. The smallest absolute Gasteiger partial charge is 0.0973 e. The molecule has 0 amide bonds. The fraction of sp³-hybridized carbons (Fsp3) is 0.625. The van der Waals surface area contributed by atoms with Crippen LogP contribution in [0.15, 0.2) is 24.3 Å². The lowest BCUT2D eigenvalue weighted by Crippen LogP contribution is -2.28. The summed E-state index contributed by atoms with van der Waals surface area (Å²) in [6.45, 7) is 4.97. The first-order chi connectivity index (χ1) is 8.66. The molecule has 1 aromatic rings. The molecular formula is C16H25NO. The van der Waals surface area contributed by atoms with Crippen LogP contribution in [-0.4, -0.2) is 12.6 Å². The number of aryl methyl sites for hydroxylation is 1. The quantitative estimate of drug-likeness (QED) is 0.833. The third-order valence-corrected chi connectivity index (χ3v) is 3.90. The summed E-state index contributed by atoms with van der Waals surface area (Å²) in [4.78, 5) is 0. The molecule has 1 aliphatic carbocycles. The van der Waals surface area contributed by atoms with Gasteiger partial charge in [0.2, 0.25) is 0 Å². The van der Waals surface area contributed by atoms with Crippen molar-refractivity contribution in [3.05, 3.63) is 35.4 Å². The largest absolute Gasteiger partial charge is 0.372 e. The van der Waals surface area contributed by atoms with Crippen molar-refractivity contribution >= 4 is 0 Å². The summed E-state index contributed by atoms with van der Waals surface area (Å²) in [5, 5.41) is 0. The van der Waals surface area contributed by atoms with Gasteiger partial charge in [-0.05, 0) is 31.7 Å². The average molecular weight is 247 g/mol. The molecule has 2 atom stereocenters. The number of hydrogen-bond donors (Lipinski definition) is 1. The molecule has 0 radical (unpaired) electrons. The SMILES string of the molecule is Cc1cccc(C(OCCC2CCC2)C(C)N)c1. The first-order valence-corrected chi connectivity index (χ1v) is 7.10. The molecule has 0 heterocycles. The van der Waals surface area contributed by atoms with Crippen LogP contribution in [0.1, 0.15) is 49.8 Å². The van der Waals surface area contributed by atoms with Crippen LogP contribution in [0, 0.1) is 12.8 Å². The van der Waals surface area contributed by atoms with E-state index in [4.69, 9.17) is 10.5 Å². The number of rotatable bonds is 6. The van der Waals surface area contributed by atoms with Gasteiger partial charge in [-0.15, -0.1) is 0 Å². The molecule has 2 N–H and O–H groups in total. The van der Waals surface area contributed by atoms with Gasteiger partial charge in [0.15, 0.2) is 0 Å². The zero-order chi connectivity index (χ0) is 13.0. The summed E-state index contributed by atoms with van der Waals surface area (Å²) in [6, 6.07) is 8.51. The van der Waals surface area contributed by atoms with Gasteiger partial charge in [0, 0.05) is 12.6 Å². The van der Waals surface area contributed by atoms with Gasteiger partial charge in [-0.2, -0.15) is 0 Å². The minimum atomic E-state index is 0.0324. The molecule has 2 rings (SSSR count). The van der Waals surface area contributed by atoms with Crippen molar-refractivity contribution in [2.75, 3.05) is 6.61 Å². The molecule has 0 aromatic heterocycles. The van der Waals surface area contributed by atoms with Crippen LogP contribution in [0.3, 0.4) is 0 Å². The second-order valence-electron chi connectivity index (χ2n) is 5.65. The van der Waals surface area contributed by atoms with Crippen LogP contribution in [0.25, 0.3) is 0 Å². The molecule has 18 heavy (non-hydrogen) atoms. The van der Waals surface area contributed by atoms with Crippen molar-refractivity contribution in [2.45, 2.75) is 51.7 Å². The fourth-order valence-electron chi connectivity index (χ4n) is 2.54. The van der Waals surface area contributed by atoms with E-state index >= 15 is 0 Å². The normalized spacial score (nSPS) is 19.3. The van der Waals surface area contributed by atoms with Gasteiger partial charge in [0.05, 0.1) is 6.10 Å². The Labute approximate surface area is 111 Å². The predicted molar refractivity (Wildman–Crippen MR) is 75.5 cm³/mol. The topological polar surface area (TPSA) is 35.2 Å². The van der Waals surface area contributed by atoms with Crippen molar-refractivity contribution in [1.82, 2.24) is 0 Å². The van der Waals surface area contributed by atoms with Crippen molar-refractivity contribution in [3.8, 4) is 0 Å². The standard InChI is InChI=1S/C16H25NO/c1-12-5-3-8-15(11-12)16(13(2)17)18-10-9-14-6-4-7-14/h3,5,8,11,13-14,16H,4,6-7,9-10,17H2,1-2H3. The minimum absolute atomic E-state index is 0.0324. The highest BCUT2D eigenvalue weighted by Crippen LogP contribution is 2.30. The Kier molecular flexibility index (Phi) is 4.79. The van der Waals surface area contributed by atoms with Crippen LogP contribution < -0.4 is 5.73 Å². The highest BCUT2D eigenvalue weighted by atomic mass is 16.5. The molecule has 2 heteroatoms. The third-order valence-electron chi connectivity index (χ3n) is 3.90. The maximum atomic E-state index is 6.06. The summed E-state index contributed by atoms with van der Waals surface area (Å²) in [7, 11) is 0. The second kappa shape index (κ2) is 6.35. The average Bonchev–Trinajstić information content (AvgIpc) is 2.26. The van der Waals surface area contributed by atoms with Gasteiger partial charge in [0.1, 0.15) is 0 Å². The van der Waals surface area contributed by atoms with Crippen molar-refractivity contribution < 1.29 is 4.74 Å². The summed E-state index contributed by atoms with van der Waals surface area (Å²) in [6.07, 6.45) is 5.40. The van der Waals surface area contributed by atoms with Gasteiger partial charge in [-0.3, -0.25) is 0 Å². The van der Waals surface area contributed by atoms with Gasteiger partial charge >= 0.3 is 0 Å². The summed E-state index contributed by atoms with van der Waals surface area (Å²) in [5.41, 5.74) is 8.53. The molecule has 2 unspecified atom stereocenters. The molecule has 2 nitrogen and oxygen atoms in total. The van der Waals surface area contributed by atoms with Crippen LogP contribution in [-0.2, 0) is 4.74 Å². The van der Waals surface area contributed by atoms with E-state index in [2.05, 4.69) is 31.2 Å². The molecular weight excluding hydrogens is 222 g/mol. The zero-order valence-corrected chi connectivity index (χ0v) is 11.6. The monoisotopic (exact) mass is 247 g/mol. The van der Waals surface area contributed by atoms with Gasteiger partial charge in [-0.1, -0.05) is 49.1 Å². The van der Waals surface area contributed by atoms with Crippen molar-refractivity contribution in [2.24, 2.45) is 11.7 Å². The number of nitrogens with two attached hydrogens (primary N) is 1. The molecule has 0 bridgehead atoms. The molecule has 0 spiro atoms. The van der Waals surface area contributed by atoms with Crippen LogP contribution in [0.2, 0.25) is 0 Å². The number of hydrogen-bond acceptors (Lipinski definition) is 2. The zero-order valence-electron chi connectivity index (χ0n) is 11.6. The van der Waals surface area contributed by atoms with Gasteiger partial charge in [0.25, 0.3) is 0 Å². The molecule has 1 aliphatic rings. The van der Waals surface area contributed by atoms with Crippen LogP contribution in [0.4, 0.5) is 0 Å². The molecule has 1 aromatic carbocycles. The van der Waals surface area contributed by atoms with Crippen molar-refractivity contribution in [1.29, 1.82) is 0 Å². The third kappa shape index (κ3) is 3.56. The van der Waals surface area contributed by atoms with Gasteiger partial charge in [-0.25, -0.2) is 0 Å². The minimum Gasteiger partial charge on any atom is -0.372 e. The van der Waals surface area contributed by atoms with Crippen LogP contribution in [0.5, 0.6) is 0 Å². The summed E-state index contributed by atoms with van der Waals surface area (Å²) < 4.78 is 6.03. The van der Waals surface area contributed by atoms with E-state index in [1.54, 1.807) is 0 Å². The van der Waals surface area contributed by atoms with E-state index in [1.165, 1.54) is 36.8 Å². The second-order valence-corrected chi connectivity index (χ2v) is 5.65.